The minimum atomic E-state index is -0.514. The lowest BCUT2D eigenvalue weighted by atomic mass is 9.90. The molecule has 2 aliphatic heterocycles. The summed E-state index contributed by atoms with van der Waals surface area (Å²) in [6.45, 7) is 5.26. The molecule has 7 heteroatoms. The minimum Gasteiger partial charge on any atom is -0.392 e. The second-order valence-electron chi connectivity index (χ2n) is 10.9. The van der Waals surface area contributed by atoms with E-state index in [0.717, 1.165) is 48.4 Å². The fourth-order valence-electron chi connectivity index (χ4n) is 5.74. The molecule has 3 aromatic carbocycles. The number of aliphatic hydroxyl groups is 1. The van der Waals surface area contributed by atoms with Crippen LogP contribution in [0.2, 0.25) is 0 Å². The van der Waals surface area contributed by atoms with Crippen LogP contribution >= 0.6 is 0 Å². The Morgan fingerprint density at radius 3 is 2.38 bits per heavy atom. The Kier molecular flexibility index (Phi) is 9.62. The summed E-state index contributed by atoms with van der Waals surface area (Å²) >= 11 is 0. The first-order valence-corrected chi connectivity index (χ1v) is 14.2. The highest BCUT2D eigenvalue weighted by atomic mass is 16.7. The number of nitrogens with zero attached hydrogens (tertiary/aromatic N) is 1. The highest BCUT2D eigenvalue weighted by molar-refractivity contribution is 5.94. The predicted molar refractivity (Wildman–Crippen MR) is 153 cm³/mol. The molecule has 2 fully saturated rings. The van der Waals surface area contributed by atoms with Gasteiger partial charge in [-0.3, -0.25) is 9.69 Å². The van der Waals surface area contributed by atoms with Gasteiger partial charge in [-0.25, -0.2) is 0 Å². The normalized spacial score (nSPS) is 25.1. The van der Waals surface area contributed by atoms with Crippen LogP contribution in [0.25, 0.3) is 0 Å². The average Bonchev–Trinajstić information content (AvgIpc) is 3.44. The number of benzene rings is 3. The van der Waals surface area contributed by atoms with Crippen LogP contribution < -0.4 is 5.32 Å². The third kappa shape index (κ3) is 6.79. The minimum absolute atomic E-state index is 0.0176. The standard InChI is InChI=1S/C33H40N2O5/c1-23-30(20-35-18-6-9-29(35)22-38-2)39-33(40-31(23)26-14-12-25(21-36)13-15-26)28-16-10-24(11-17-28)19-34-32(37)27-7-4-3-5-8-27/h3-5,7-8,10-17,23,29-31,33,36H,6,9,18-22H2,1-2H3,(H,34,37)/t23-,29+,30+,31+,33+/m1/s1. The van der Waals surface area contributed by atoms with Gasteiger partial charge in [-0.15, -0.1) is 0 Å². The van der Waals surface area contributed by atoms with Crippen molar-refractivity contribution in [1.82, 2.24) is 10.2 Å². The molecule has 0 bridgehead atoms. The van der Waals surface area contributed by atoms with Crippen LogP contribution in [0.3, 0.4) is 0 Å². The average molecular weight is 545 g/mol. The summed E-state index contributed by atoms with van der Waals surface area (Å²) in [6.07, 6.45) is 1.63. The third-order valence-corrected chi connectivity index (χ3v) is 8.14. The molecule has 0 aliphatic carbocycles. The number of ether oxygens (including phenoxy) is 3. The zero-order valence-corrected chi connectivity index (χ0v) is 23.4. The Hall–Kier alpha value is -3.07. The molecule has 2 heterocycles. The van der Waals surface area contributed by atoms with E-state index in [1.165, 1.54) is 6.42 Å². The number of likely N-dealkylation sites (tertiary alicyclic amines) is 1. The molecule has 0 spiro atoms. The van der Waals surface area contributed by atoms with Crippen LogP contribution in [-0.2, 0) is 27.4 Å². The predicted octanol–water partition coefficient (Wildman–Crippen LogP) is 5.01. The number of aliphatic hydroxyl groups excluding tert-OH is 1. The first-order chi connectivity index (χ1) is 19.6. The van der Waals surface area contributed by atoms with Gasteiger partial charge in [-0.2, -0.15) is 0 Å². The molecule has 0 saturated carbocycles. The Morgan fingerprint density at radius 2 is 1.68 bits per heavy atom. The van der Waals surface area contributed by atoms with E-state index in [1.54, 1.807) is 19.2 Å². The smallest absolute Gasteiger partial charge is 0.251 e. The number of nitrogens with one attached hydrogen (secondary N) is 1. The molecule has 0 radical (unpaired) electrons. The van der Waals surface area contributed by atoms with Crippen LogP contribution in [-0.4, -0.2) is 54.9 Å². The zero-order chi connectivity index (χ0) is 27.9. The van der Waals surface area contributed by atoms with Gasteiger partial charge >= 0.3 is 0 Å². The van der Waals surface area contributed by atoms with Crippen LogP contribution in [0.4, 0.5) is 0 Å². The molecular weight excluding hydrogens is 504 g/mol. The maximum Gasteiger partial charge on any atom is 0.251 e. The summed E-state index contributed by atoms with van der Waals surface area (Å²) < 4.78 is 18.8. The summed E-state index contributed by atoms with van der Waals surface area (Å²) in [5, 5.41) is 12.5. The number of hydrogen-bond acceptors (Lipinski definition) is 6. The van der Waals surface area contributed by atoms with Gasteiger partial charge in [0.1, 0.15) is 0 Å². The summed E-state index contributed by atoms with van der Waals surface area (Å²) in [6, 6.07) is 25.7. The SMILES string of the molecule is COC[C@@H]1CCCN1C[C@@H]1O[C@H](c2ccc(CNC(=O)c3ccccc3)cc2)O[C@H](c2ccc(CO)cc2)[C@@H]1C. The lowest BCUT2D eigenvalue weighted by Crippen LogP contribution is -2.46. The topological polar surface area (TPSA) is 80.3 Å². The second kappa shape index (κ2) is 13.5. The largest absolute Gasteiger partial charge is 0.392 e. The molecule has 212 valence electrons. The Morgan fingerprint density at radius 1 is 0.975 bits per heavy atom. The third-order valence-electron chi connectivity index (χ3n) is 8.14. The molecule has 3 aromatic rings. The maximum absolute atomic E-state index is 12.4. The first kappa shape index (κ1) is 28.5. The molecule has 5 rings (SSSR count). The van der Waals surface area contributed by atoms with Gasteiger partial charge in [0.15, 0.2) is 6.29 Å². The van der Waals surface area contributed by atoms with Gasteiger partial charge in [0.05, 0.1) is 25.4 Å². The van der Waals surface area contributed by atoms with Gasteiger partial charge in [0.2, 0.25) is 0 Å². The van der Waals surface area contributed by atoms with E-state index in [4.69, 9.17) is 14.2 Å². The maximum atomic E-state index is 12.4. The lowest BCUT2D eigenvalue weighted by Gasteiger charge is -2.43. The summed E-state index contributed by atoms with van der Waals surface area (Å²) in [5.74, 6) is 0.0386. The molecular formula is C33H40N2O5. The van der Waals surface area contributed by atoms with E-state index in [2.05, 4.69) is 17.1 Å². The molecule has 7 nitrogen and oxygen atoms in total. The number of rotatable bonds is 10. The van der Waals surface area contributed by atoms with Crippen LogP contribution in [0, 0.1) is 5.92 Å². The summed E-state index contributed by atoms with van der Waals surface area (Å²) in [7, 11) is 1.77. The number of carbonyl (C=O) groups is 1. The Labute approximate surface area is 237 Å². The van der Waals surface area contributed by atoms with Crippen LogP contribution in [0.5, 0.6) is 0 Å². The van der Waals surface area contributed by atoms with Gasteiger partial charge in [-0.1, -0.05) is 73.7 Å². The van der Waals surface area contributed by atoms with Crippen LogP contribution in [0.15, 0.2) is 78.9 Å². The van der Waals surface area contributed by atoms with E-state index < -0.39 is 6.29 Å². The van der Waals surface area contributed by atoms with E-state index >= 15 is 0 Å². The first-order valence-electron chi connectivity index (χ1n) is 14.2. The molecule has 0 unspecified atom stereocenters. The molecule has 1 amide bonds. The van der Waals surface area contributed by atoms with Gasteiger partial charge in [0, 0.05) is 43.3 Å². The Bertz CT molecular complexity index is 1220. The molecule has 40 heavy (non-hydrogen) atoms. The van der Waals surface area contributed by atoms with E-state index in [0.29, 0.717) is 18.2 Å². The number of hydrogen-bond donors (Lipinski definition) is 2. The highest BCUT2D eigenvalue weighted by Gasteiger charge is 2.40. The van der Waals surface area contributed by atoms with Gasteiger partial charge < -0.3 is 24.6 Å². The van der Waals surface area contributed by atoms with E-state index in [1.807, 2.05) is 66.7 Å². The van der Waals surface area contributed by atoms with Crippen molar-refractivity contribution in [2.45, 2.75) is 57.5 Å². The van der Waals surface area contributed by atoms with Crippen molar-refractivity contribution in [2.24, 2.45) is 5.92 Å². The molecule has 2 N–H and O–H groups in total. The van der Waals surface area contributed by atoms with Crippen molar-refractivity contribution in [3.8, 4) is 0 Å². The molecule has 5 atom stereocenters. The lowest BCUT2D eigenvalue weighted by molar-refractivity contribution is -0.276. The van der Waals surface area contributed by atoms with Crippen molar-refractivity contribution in [2.75, 3.05) is 26.8 Å². The van der Waals surface area contributed by atoms with Gasteiger partial charge in [0.25, 0.3) is 5.91 Å². The van der Waals surface area contributed by atoms with Gasteiger partial charge in [-0.05, 0) is 48.2 Å². The number of methoxy groups -OCH3 is 1. The van der Waals surface area contributed by atoms with Crippen molar-refractivity contribution < 1.29 is 24.1 Å². The number of amides is 1. The van der Waals surface area contributed by atoms with E-state index in [-0.39, 0.29) is 30.6 Å². The van der Waals surface area contributed by atoms with Crippen molar-refractivity contribution in [3.05, 3.63) is 107 Å². The van der Waals surface area contributed by atoms with Crippen LogP contribution in [0.1, 0.15) is 64.8 Å². The quantitative estimate of drug-likeness (QED) is 0.374. The second-order valence-corrected chi connectivity index (χ2v) is 10.9. The van der Waals surface area contributed by atoms with Crippen molar-refractivity contribution in [3.63, 3.8) is 0 Å². The van der Waals surface area contributed by atoms with E-state index in [9.17, 15) is 9.90 Å². The summed E-state index contributed by atoms with van der Waals surface area (Å²) in [5.41, 5.74) is 4.56. The Balaban J connectivity index is 1.31. The zero-order valence-electron chi connectivity index (χ0n) is 23.4. The van der Waals surface area contributed by atoms with Crippen molar-refractivity contribution >= 4 is 5.91 Å². The summed E-state index contributed by atoms with van der Waals surface area (Å²) in [4.78, 5) is 14.9. The highest BCUT2D eigenvalue weighted by Crippen LogP contribution is 2.42. The fraction of sp³-hybridized carbons (Fsp3) is 0.424. The molecule has 2 saturated heterocycles. The molecule has 0 aromatic heterocycles. The number of carbonyl (C=O) groups excluding carboxylic acids is 1. The van der Waals surface area contributed by atoms with Crippen molar-refractivity contribution in [1.29, 1.82) is 0 Å². The molecule has 2 aliphatic rings. The monoisotopic (exact) mass is 544 g/mol. The fourth-order valence-corrected chi connectivity index (χ4v) is 5.74.